The second kappa shape index (κ2) is 6.48. The Hall–Kier alpha value is -0.1000. The van der Waals surface area contributed by atoms with Crippen molar-refractivity contribution in [2.75, 3.05) is 0 Å². The van der Waals surface area contributed by atoms with Crippen molar-refractivity contribution in [1.82, 2.24) is 10.6 Å². The molecule has 1 saturated heterocycles. The van der Waals surface area contributed by atoms with Crippen molar-refractivity contribution in [2.24, 2.45) is 5.41 Å². The summed E-state index contributed by atoms with van der Waals surface area (Å²) in [7, 11) is 0. The Morgan fingerprint density at radius 3 is 1.60 bits per heavy atom. The first-order valence-corrected chi connectivity index (χ1v) is 4.23. The number of barbiturate groups is 1. The number of rotatable bonds is 2. The molecular formula is C8H13ClN2NaO3+. The Labute approximate surface area is 116 Å². The summed E-state index contributed by atoms with van der Waals surface area (Å²) in [5, 5.41) is 4.19. The van der Waals surface area contributed by atoms with Crippen LogP contribution in [-0.2, 0) is 9.59 Å². The fourth-order valence-electron chi connectivity index (χ4n) is 1.47. The third kappa shape index (κ3) is 2.93. The number of hydrogen-bond donors (Lipinski definition) is 2. The van der Waals surface area contributed by atoms with Gasteiger partial charge in [-0.1, -0.05) is 13.8 Å². The van der Waals surface area contributed by atoms with Gasteiger partial charge < -0.3 is 0 Å². The summed E-state index contributed by atoms with van der Waals surface area (Å²) in [5.41, 5.74) is -1.06. The minimum atomic E-state index is -1.06. The first kappa shape index (κ1) is 17.3. The summed E-state index contributed by atoms with van der Waals surface area (Å²) in [5.74, 6) is -0.988. The molecule has 0 saturated carbocycles. The fraction of sp³-hybridized carbons (Fsp3) is 0.625. The number of amides is 4. The van der Waals surface area contributed by atoms with Crippen molar-refractivity contribution in [2.45, 2.75) is 26.7 Å². The van der Waals surface area contributed by atoms with E-state index in [1.165, 1.54) is 0 Å². The van der Waals surface area contributed by atoms with Gasteiger partial charge in [0.25, 0.3) is 0 Å². The Morgan fingerprint density at radius 2 is 1.33 bits per heavy atom. The van der Waals surface area contributed by atoms with Crippen LogP contribution in [0.4, 0.5) is 4.79 Å². The van der Waals surface area contributed by atoms with Crippen molar-refractivity contribution >= 4 is 30.3 Å². The van der Waals surface area contributed by atoms with Gasteiger partial charge in [-0.05, 0) is 12.8 Å². The molecule has 0 spiro atoms. The number of imide groups is 2. The number of carbonyl (C=O) groups excluding carboxylic acids is 3. The molecule has 1 rings (SSSR count). The minimum absolute atomic E-state index is 0. The van der Waals surface area contributed by atoms with Crippen LogP contribution in [0.1, 0.15) is 26.7 Å². The molecule has 1 heterocycles. The van der Waals surface area contributed by atoms with Crippen molar-refractivity contribution in [3.8, 4) is 0 Å². The monoisotopic (exact) mass is 243 g/mol. The first-order valence-electron chi connectivity index (χ1n) is 4.23. The van der Waals surface area contributed by atoms with E-state index < -0.39 is 23.3 Å². The van der Waals surface area contributed by atoms with Crippen LogP contribution in [0.3, 0.4) is 0 Å². The minimum Gasteiger partial charge on any atom is -0.277 e. The zero-order valence-electron chi connectivity index (χ0n) is 9.05. The molecule has 1 aliphatic rings. The van der Waals surface area contributed by atoms with Crippen LogP contribution < -0.4 is 40.2 Å². The van der Waals surface area contributed by atoms with E-state index in [-0.39, 0.29) is 42.0 Å². The third-order valence-corrected chi connectivity index (χ3v) is 2.53. The van der Waals surface area contributed by atoms with E-state index in [4.69, 9.17) is 0 Å². The maximum absolute atomic E-state index is 11.4. The predicted octanol–water partition coefficient (Wildman–Crippen LogP) is -2.42. The molecule has 0 aliphatic carbocycles. The summed E-state index contributed by atoms with van der Waals surface area (Å²) in [6.45, 7) is 3.50. The molecule has 0 radical (unpaired) electrons. The average molecular weight is 244 g/mol. The Bertz CT molecular complexity index is 257. The van der Waals surface area contributed by atoms with E-state index >= 15 is 0 Å². The van der Waals surface area contributed by atoms with Crippen molar-refractivity contribution < 1.29 is 43.9 Å². The SMILES string of the molecule is CCC1(CC)C(=O)NC(=O)NC1=O.Cl.[Na+]. The zero-order valence-corrected chi connectivity index (χ0v) is 11.9. The molecule has 5 nitrogen and oxygen atoms in total. The molecule has 0 aromatic carbocycles. The van der Waals surface area contributed by atoms with Crippen molar-refractivity contribution in [1.29, 1.82) is 0 Å². The summed E-state index contributed by atoms with van der Waals surface area (Å²) >= 11 is 0. The average Bonchev–Trinajstić information content (AvgIpc) is 2.05. The molecular weight excluding hydrogens is 231 g/mol. The van der Waals surface area contributed by atoms with E-state index in [0.29, 0.717) is 12.8 Å². The van der Waals surface area contributed by atoms with E-state index in [2.05, 4.69) is 10.6 Å². The van der Waals surface area contributed by atoms with Gasteiger partial charge in [-0.3, -0.25) is 20.2 Å². The summed E-state index contributed by atoms with van der Waals surface area (Å²) in [4.78, 5) is 33.6. The summed E-state index contributed by atoms with van der Waals surface area (Å²) in [6, 6.07) is -0.729. The number of hydrogen-bond acceptors (Lipinski definition) is 3. The van der Waals surface area contributed by atoms with Gasteiger partial charge in [0.15, 0.2) is 0 Å². The number of halogens is 1. The topological polar surface area (TPSA) is 75.3 Å². The van der Waals surface area contributed by atoms with Crippen LogP contribution in [0.25, 0.3) is 0 Å². The van der Waals surface area contributed by atoms with Gasteiger partial charge in [0.05, 0.1) is 0 Å². The van der Waals surface area contributed by atoms with Crippen LogP contribution in [0, 0.1) is 5.41 Å². The second-order valence-corrected chi connectivity index (χ2v) is 3.03. The second-order valence-electron chi connectivity index (χ2n) is 3.03. The van der Waals surface area contributed by atoms with Gasteiger partial charge in [-0.2, -0.15) is 0 Å². The van der Waals surface area contributed by atoms with E-state index in [1.54, 1.807) is 13.8 Å². The summed E-state index contributed by atoms with van der Waals surface area (Å²) < 4.78 is 0. The van der Waals surface area contributed by atoms with Crippen LogP contribution in [0.2, 0.25) is 0 Å². The largest absolute Gasteiger partial charge is 1.00 e. The first-order chi connectivity index (χ1) is 6.06. The molecule has 80 valence electrons. The molecule has 7 heteroatoms. The van der Waals surface area contributed by atoms with Gasteiger partial charge in [0, 0.05) is 0 Å². The summed E-state index contributed by atoms with van der Waals surface area (Å²) in [6.07, 6.45) is 0.795. The van der Waals surface area contributed by atoms with E-state index in [0.717, 1.165) is 0 Å². The predicted molar refractivity (Wildman–Crippen MR) is 51.9 cm³/mol. The zero-order chi connectivity index (χ0) is 10.1. The van der Waals surface area contributed by atoms with Gasteiger partial charge in [-0.15, -0.1) is 12.4 Å². The molecule has 2 N–H and O–H groups in total. The quantitative estimate of drug-likeness (QED) is 0.419. The van der Waals surface area contributed by atoms with Crippen LogP contribution in [0.5, 0.6) is 0 Å². The maximum atomic E-state index is 11.4. The molecule has 0 unspecified atom stereocenters. The normalized spacial score (nSPS) is 18.1. The Kier molecular flexibility index (Phi) is 7.47. The maximum Gasteiger partial charge on any atom is 1.00 e. The molecule has 1 aliphatic heterocycles. The molecule has 0 aromatic rings. The van der Waals surface area contributed by atoms with Crippen LogP contribution in [-0.4, -0.2) is 17.8 Å². The molecule has 0 bridgehead atoms. The van der Waals surface area contributed by atoms with Crippen molar-refractivity contribution in [3.63, 3.8) is 0 Å². The van der Waals surface area contributed by atoms with Gasteiger partial charge in [0.2, 0.25) is 11.8 Å². The fourth-order valence-corrected chi connectivity index (χ4v) is 1.47. The molecule has 0 aromatic heterocycles. The number of carbonyl (C=O) groups is 3. The Balaban J connectivity index is 0. The van der Waals surface area contributed by atoms with Gasteiger partial charge in [0.1, 0.15) is 5.41 Å². The molecule has 0 atom stereocenters. The van der Waals surface area contributed by atoms with Gasteiger partial charge in [-0.25, -0.2) is 4.79 Å². The molecule has 15 heavy (non-hydrogen) atoms. The van der Waals surface area contributed by atoms with E-state index in [1.807, 2.05) is 0 Å². The number of urea groups is 1. The van der Waals surface area contributed by atoms with E-state index in [9.17, 15) is 14.4 Å². The standard InChI is InChI=1S/C8H12N2O3.ClH.Na/c1-3-8(4-2)5(11)9-7(13)10-6(8)12;;/h3-4H2,1-2H3,(H2,9,10,11,12,13);1H;/q;;+1. The molecule has 4 amide bonds. The van der Waals surface area contributed by atoms with Crippen LogP contribution >= 0.6 is 12.4 Å². The van der Waals surface area contributed by atoms with Crippen molar-refractivity contribution in [3.05, 3.63) is 0 Å². The van der Waals surface area contributed by atoms with Gasteiger partial charge >= 0.3 is 35.6 Å². The number of nitrogens with one attached hydrogen (secondary N) is 2. The Morgan fingerprint density at radius 1 is 1.00 bits per heavy atom. The van der Waals surface area contributed by atoms with Crippen LogP contribution in [0.15, 0.2) is 0 Å². The third-order valence-electron chi connectivity index (χ3n) is 2.53. The molecule has 1 fully saturated rings. The smallest absolute Gasteiger partial charge is 0.277 e.